The number of H-pyrrole nitrogens is 1. The minimum atomic E-state index is -0.189. The number of halogens is 1. The van der Waals surface area contributed by atoms with Crippen molar-refractivity contribution in [2.75, 3.05) is 5.32 Å². The third-order valence-electron chi connectivity index (χ3n) is 5.09. The summed E-state index contributed by atoms with van der Waals surface area (Å²) in [6.45, 7) is 3.50. The number of rotatable bonds is 4. The molecule has 2 N–H and O–H groups in total. The zero-order valence-corrected chi connectivity index (χ0v) is 16.3. The number of carbonyl (C=O) groups excluding carboxylic acids is 1. The van der Waals surface area contributed by atoms with Crippen molar-refractivity contribution < 1.29 is 9.18 Å². The van der Waals surface area contributed by atoms with Crippen LogP contribution in [0.5, 0.6) is 0 Å². The molecule has 4 nitrogen and oxygen atoms in total. The van der Waals surface area contributed by atoms with Crippen molar-refractivity contribution in [3.8, 4) is 0 Å². The van der Waals surface area contributed by atoms with Crippen LogP contribution in [0, 0.1) is 5.92 Å². The molecule has 2 atom stereocenters. The van der Waals surface area contributed by atoms with E-state index in [1.807, 2.05) is 61.5 Å². The topological polar surface area (TPSA) is 57.8 Å². The zero-order valence-electron chi connectivity index (χ0n) is 16.3. The van der Waals surface area contributed by atoms with Crippen LogP contribution in [0.3, 0.4) is 0 Å². The summed E-state index contributed by atoms with van der Waals surface area (Å²) in [5, 5.41) is 11.4. The first-order valence-electron chi connectivity index (χ1n) is 9.59. The van der Waals surface area contributed by atoms with E-state index in [0.717, 1.165) is 33.4 Å². The second kappa shape index (κ2) is 7.87. The molecular weight excluding hydrogens is 365 g/mol. The van der Waals surface area contributed by atoms with Crippen molar-refractivity contribution in [3.05, 3.63) is 83.3 Å². The van der Waals surface area contributed by atoms with Gasteiger partial charge >= 0.3 is 0 Å². The van der Waals surface area contributed by atoms with Crippen molar-refractivity contribution in [1.82, 2.24) is 10.2 Å². The second-order valence-electron chi connectivity index (χ2n) is 7.35. The Morgan fingerprint density at radius 3 is 2.59 bits per heavy atom. The maximum Gasteiger partial charge on any atom is 0.221 e. The molecule has 4 rings (SSSR count). The molecule has 5 heteroatoms. The minimum absolute atomic E-state index is 0.0602. The number of carbonyl (C=O) groups is 1. The lowest BCUT2D eigenvalue weighted by atomic mass is 9.85. The molecule has 3 aromatic rings. The monoisotopic (exact) mass is 387 g/mol. The highest BCUT2D eigenvalue weighted by molar-refractivity contribution is 5.89. The lowest BCUT2D eigenvalue weighted by Crippen LogP contribution is -2.09. The molecule has 0 bridgehead atoms. The Balaban J connectivity index is 1.58. The number of aromatic amines is 1. The Labute approximate surface area is 168 Å². The first-order valence-corrected chi connectivity index (χ1v) is 9.59. The van der Waals surface area contributed by atoms with E-state index in [-0.39, 0.29) is 23.6 Å². The quantitative estimate of drug-likeness (QED) is 0.553. The predicted octanol–water partition coefficient (Wildman–Crippen LogP) is 5.83. The van der Waals surface area contributed by atoms with Crippen LogP contribution in [0.1, 0.15) is 36.6 Å². The van der Waals surface area contributed by atoms with Gasteiger partial charge < -0.3 is 5.32 Å². The lowest BCUT2D eigenvalue weighted by molar-refractivity contribution is -0.114. The molecule has 0 radical (unpaired) electrons. The molecule has 1 aromatic heterocycles. The number of amides is 1. The van der Waals surface area contributed by atoms with Crippen LogP contribution in [0.4, 0.5) is 10.1 Å². The standard InChI is InChI=1S/C24H22FN3O/c1-15-13-19(25)8-11-21(15)24-22-14-18(7-12-23(22)27-28-24)4-3-17-5-9-20(10-6-17)26-16(2)29/h3-15,21H,1-2H3,(H,26,29)(H,27,28)/b4-3+. The van der Waals surface area contributed by atoms with Crippen LogP contribution >= 0.6 is 0 Å². The summed E-state index contributed by atoms with van der Waals surface area (Å²) in [5.41, 5.74) is 4.77. The lowest BCUT2D eigenvalue weighted by Gasteiger charge is -2.20. The predicted molar refractivity (Wildman–Crippen MR) is 116 cm³/mol. The van der Waals surface area contributed by atoms with Crippen molar-refractivity contribution >= 4 is 34.6 Å². The first kappa shape index (κ1) is 18.9. The zero-order chi connectivity index (χ0) is 20.4. The average molecular weight is 387 g/mol. The number of allylic oxidation sites excluding steroid dienone is 4. The summed E-state index contributed by atoms with van der Waals surface area (Å²) in [5.74, 6) is -0.145. The molecule has 1 aliphatic carbocycles. The van der Waals surface area contributed by atoms with Crippen LogP contribution in [0.2, 0.25) is 0 Å². The normalized spacial score (nSPS) is 18.9. The van der Waals surface area contributed by atoms with Crippen LogP contribution in [0.25, 0.3) is 23.1 Å². The molecular formula is C24H22FN3O. The van der Waals surface area contributed by atoms with Crippen molar-refractivity contribution in [3.63, 3.8) is 0 Å². The van der Waals surface area contributed by atoms with E-state index in [1.165, 1.54) is 13.0 Å². The molecule has 2 unspecified atom stereocenters. The van der Waals surface area contributed by atoms with E-state index < -0.39 is 0 Å². The van der Waals surface area contributed by atoms with Gasteiger partial charge in [0.15, 0.2) is 0 Å². The van der Waals surface area contributed by atoms with Gasteiger partial charge in [0, 0.05) is 23.9 Å². The molecule has 29 heavy (non-hydrogen) atoms. The van der Waals surface area contributed by atoms with Crippen LogP contribution in [-0.4, -0.2) is 16.1 Å². The molecule has 0 fully saturated rings. The number of nitrogens with one attached hydrogen (secondary N) is 2. The maximum atomic E-state index is 13.5. The molecule has 2 aromatic carbocycles. The van der Waals surface area contributed by atoms with Gasteiger partial charge in [-0.1, -0.05) is 43.4 Å². The highest BCUT2D eigenvalue weighted by atomic mass is 19.1. The number of benzene rings is 2. The van der Waals surface area contributed by atoms with E-state index in [2.05, 4.69) is 21.6 Å². The minimum Gasteiger partial charge on any atom is -0.326 e. The van der Waals surface area contributed by atoms with Crippen molar-refractivity contribution in [2.45, 2.75) is 19.8 Å². The Kier molecular flexibility index (Phi) is 5.12. The maximum absolute atomic E-state index is 13.5. The molecule has 146 valence electrons. The second-order valence-corrected chi connectivity index (χ2v) is 7.35. The average Bonchev–Trinajstić information content (AvgIpc) is 3.10. The van der Waals surface area contributed by atoms with Gasteiger partial charge in [-0.25, -0.2) is 4.39 Å². The van der Waals surface area contributed by atoms with Gasteiger partial charge in [0.25, 0.3) is 0 Å². The van der Waals surface area contributed by atoms with Crippen LogP contribution in [-0.2, 0) is 4.79 Å². The summed E-state index contributed by atoms with van der Waals surface area (Å²) in [4.78, 5) is 11.1. The molecule has 1 heterocycles. The Morgan fingerprint density at radius 2 is 1.86 bits per heavy atom. The van der Waals surface area contributed by atoms with Gasteiger partial charge in [-0.15, -0.1) is 0 Å². The fourth-order valence-corrected chi connectivity index (χ4v) is 3.62. The smallest absolute Gasteiger partial charge is 0.221 e. The summed E-state index contributed by atoms with van der Waals surface area (Å²) in [6.07, 6.45) is 9.13. The van der Waals surface area contributed by atoms with E-state index >= 15 is 0 Å². The van der Waals surface area contributed by atoms with E-state index in [1.54, 1.807) is 6.08 Å². The molecule has 1 aliphatic rings. The summed E-state index contributed by atoms with van der Waals surface area (Å²) < 4.78 is 13.5. The number of aromatic nitrogens is 2. The summed E-state index contributed by atoms with van der Waals surface area (Å²) in [7, 11) is 0. The Hall–Kier alpha value is -3.47. The van der Waals surface area contributed by atoms with Crippen LogP contribution < -0.4 is 5.32 Å². The number of hydrogen-bond donors (Lipinski definition) is 2. The Morgan fingerprint density at radius 1 is 1.14 bits per heavy atom. The van der Waals surface area contributed by atoms with Gasteiger partial charge in [0.05, 0.1) is 11.2 Å². The van der Waals surface area contributed by atoms with E-state index in [0.29, 0.717) is 0 Å². The highest BCUT2D eigenvalue weighted by Gasteiger charge is 2.22. The van der Waals surface area contributed by atoms with Gasteiger partial charge in [0.2, 0.25) is 5.91 Å². The largest absolute Gasteiger partial charge is 0.326 e. The van der Waals surface area contributed by atoms with E-state index in [4.69, 9.17) is 0 Å². The molecule has 0 saturated heterocycles. The van der Waals surface area contributed by atoms with Gasteiger partial charge in [-0.3, -0.25) is 9.89 Å². The van der Waals surface area contributed by atoms with Crippen LogP contribution in [0.15, 0.2) is 66.5 Å². The fraction of sp³-hybridized carbons (Fsp3) is 0.167. The third kappa shape index (κ3) is 4.19. The number of anilines is 1. The molecule has 0 spiro atoms. The Bertz CT molecular complexity index is 1140. The highest BCUT2D eigenvalue weighted by Crippen LogP contribution is 2.35. The van der Waals surface area contributed by atoms with Gasteiger partial charge in [-0.2, -0.15) is 5.10 Å². The number of fused-ring (bicyclic) bond motifs is 1. The summed E-state index contributed by atoms with van der Waals surface area (Å²) >= 11 is 0. The number of nitrogens with zero attached hydrogens (tertiary/aromatic N) is 1. The molecule has 0 saturated carbocycles. The fourth-order valence-electron chi connectivity index (χ4n) is 3.62. The third-order valence-corrected chi connectivity index (χ3v) is 5.09. The van der Waals surface area contributed by atoms with Crippen molar-refractivity contribution in [2.24, 2.45) is 5.92 Å². The van der Waals surface area contributed by atoms with Crippen molar-refractivity contribution in [1.29, 1.82) is 0 Å². The van der Waals surface area contributed by atoms with Gasteiger partial charge in [-0.05, 0) is 53.5 Å². The van der Waals surface area contributed by atoms with Gasteiger partial charge in [0.1, 0.15) is 5.83 Å². The SMILES string of the molecule is CC(=O)Nc1ccc(/C=C/c2ccc3n[nH]c(C4C=CC(F)=CC4C)c3c2)cc1. The summed E-state index contributed by atoms with van der Waals surface area (Å²) in [6, 6.07) is 13.8. The molecule has 1 amide bonds. The first-order chi connectivity index (χ1) is 14.0. The van der Waals surface area contributed by atoms with E-state index in [9.17, 15) is 9.18 Å². The molecule has 0 aliphatic heterocycles. The number of hydrogen-bond acceptors (Lipinski definition) is 2.